The van der Waals surface area contributed by atoms with Gasteiger partial charge < -0.3 is 54.1 Å². The van der Waals surface area contributed by atoms with E-state index < -0.39 is 70.7 Å². The molecule has 0 radical (unpaired) electrons. The molecule has 6 aliphatic heterocycles. The number of benzene rings is 3. The van der Waals surface area contributed by atoms with Crippen LogP contribution in [0.1, 0.15) is 112 Å². The molecule has 8 heterocycles. The van der Waals surface area contributed by atoms with E-state index in [0.717, 1.165) is 105 Å². The number of amides is 1. The summed E-state index contributed by atoms with van der Waals surface area (Å²) < 4.78 is 71.2. The van der Waals surface area contributed by atoms with Gasteiger partial charge in [-0.05, 0) is 94.7 Å². The van der Waals surface area contributed by atoms with Gasteiger partial charge in [0.1, 0.15) is 48.7 Å². The van der Waals surface area contributed by atoms with Gasteiger partial charge in [0.15, 0.2) is 11.2 Å². The molecule has 6 aliphatic rings. The molecule has 29 heteroatoms. The predicted molar refractivity (Wildman–Crippen MR) is 286 cm³/mol. The highest BCUT2D eigenvalue weighted by Gasteiger charge is 2.44. The molecule has 1 amide bonds. The monoisotopic (exact) mass is 1170 g/mol. The third-order valence-electron chi connectivity index (χ3n) is 14.6. The van der Waals surface area contributed by atoms with Crippen molar-refractivity contribution in [2.24, 2.45) is 0 Å². The third kappa shape index (κ3) is 11.2. The number of nitrogens with zero attached hydrogens (tertiary/aromatic N) is 5. The Morgan fingerprint density at radius 3 is 2.45 bits per heavy atom. The smallest absolute Gasteiger partial charge is 0.478 e. The first kappa shape index (κ1) is 55.2. The van der Waals surface area contributed by atoms with Crippen LogP contribution in [-0.4, -0.2) is 118 Å². The van der Waals surface area contributed by atoms with Crippen molar-refractivity contribution in [3.8, 4) is 11.5 Å². The van der Waals surface area contributed by atoms with E-state index in [2.05, 4.69) is 50.5 Å². The van der Waals surface area contributed by atoms with Crippen molar-refractivity contribution in [2.75, 3.05) is 50.2 Å². The zero-order valence-electron chi connectivity index (χ0n) is 42.5. The van der Waals surface area contributed by atoms with Gasteiger partial charge in [0, 0.05) is 82.4 Å². The Morgan fingerprint density at radius 2 is 1.68 bits per heavy atom. The van der Waals surface area contributed by atoms with Crippen LogP contribution in [-0.2, 0) is 62.0 Å². The maximum absolute atomic E-state index is 14.0. The molecular weight excluding hydrogens is 1120 g/mol. The number of H-pyrrole nitrogens is 1. The number of imidazole rings is 1. The van der Waals surface area contributed by atoms with Crippen LogP contribution in [0.15, 0.2) is 41.5 Å². The molecule has 2 aromatic heterocycles. The molecular formula is C49H57N7O17P3S2+. The normalized spacial score (nSPS) is 21.2. The number of anilines is 1. The van der Waals surface area contributed by atoms with Crippen LogP contribution in [0, 0.1) is 6.92 Å². The predicted octanol–water partition coefficient (Wildman–Crippen LogP) is 5.13. The molecule has 1 fully saturated rings. The lowest BCUT2D eigenvalue weighted by Gasteiger charge is -2.39. The fourth-order valence-electron chi connectivity index (χ4n) is 11.5. The maximum atomic E-state index is 14.0. The second-order valence-corrected chi connectivity index (χ2v) is 28.0. The molecule has 1 saturated heterocycles. The minimum absolute atomic E-state index is 0.00138. The lowest BCUT2D eigenvalue weighted by atomic mass is 9.81. The van der Waals surface area contributed by atoms with Gasteiger partial charge in [-0.15, -0.1) is 0 Å². The first-order valence-electron chi connectivity index (χ1n) is 25.4. The molecule has 11 rings (SSSR count). The van der Waals surface area contributed by atoms with Crippen LogP contribution < -0.4 is 35.7 Å². The van der Waals surface area contributed by atoms with E-state index in [1.807, 2.05) is 13.8 Å². The fourth-order valence-corrected chi connectivity index (χ4v) is 16.7. The average molecular weight is 1170 g/mol. The zero-order chi connectivity index (χ0) is 55.1. The molecule has 0 saturated carbocycles. The molecule has 7 N–H and O–H groups in total. The van der Waals surface area contributed by atoms with E-state index in [-0.39, 0.29) is 41.2 Å². The Morgan fingerprint density at radius 1 is 0.936 bits per heavy atom. The van der Waals surface area contributed by atoms with E-state index in [4.69, 9.17) is 28.5 Å². The number of carbonyl (C=O) groups excluding carboxylic acids is 1. The van der Waals surface area contributed by atoms with Crippen molar-refractivity contribution < 1.29 is 75.3 Å². The first-order chi connectivity index (χ1) is 37.0. The minimum atomic E-state index is -5.80. The van der Waals surface area contributed by atoms with Crippen LogP contribution in [0.25, 0.3) is 16.7 Å². The quantitative estimate of drug-likeness (QED) is 0.0193. The van der Waals surface area contributed by atoms with Crippen molar-refractivity contribution in [3.05, 3.63) is 108 Å². The molecule has 5 aromatic rings. The highest BCUT2D eigenvalue weighted by Crippen LogP contribution is 2.66. The number of phosphoric ester groups is 1. The van der Waals surface area contributed by atoms with Crippen molar-refractivity contribution in [1.82, 2.24) is 29.4 Å². The number of aromatic amines is 1. The van der Waals surface area contributed by atoms with Gasteiger partial charge in [-0.3, -0.25) is 18.7 Å². The summed E-state index contributed by atoms with van der Waals surface area (Å²) in [6.45, 7) is 8.67. The topological polar surface area (TPSA) is 324 Å². The van der Waals surface area contributed by atoms with E-state index in [0.29, 0.717) is 11.4 Å². The maximum Gasteiger partial charge on any atom is 0.490 e. The molecule has 3 aromatic carbocycles. The van der Waals surface area contributed by atoms with Gasteiger partial charge in [0.05, 0.1) is 30.2 Å². The molecule has 5 atom stereocenters. The molecule has 24 nitrogen and oxygen atoms in total. The van der Waals surface area contributed by atoms with Crippen molar-refractivity contribution in [1.29, 1.82) is 0 Å². The summed E-state index contributed by atoms with van der Waals surface area (Å²) in [4.78, 5) is 91.3. The number of fused-ring (bicyclic) bond motifs is 5. The lowest BCUT2D eigenvalue weighted by Crippen LogP contribution is -2.45. The molecule has 3 unspecified atom stereocenters. The summed E-state index contributed by atoms with van der Waals surface area (Å²) in [5.74, 6) is 0.240. The summed E-state index contributed by atoms with van der Waals surface area (Å²) >= 11 is 0. The number of aromatic nitrogens is 4. The van der Waals surface area contributed by atoms with E-state index in [1.54, 1.807) is 19.1 Å². The third-order valence-corrected chi connectivity index (χ3v) is 21.4. The minimum Gasteiger partial charge on any atom is -0.478 e. The standard InChI is InChI=1S/C49H56N7O17P3S2/c1-26-52-45-40(47(58)53-26)51-24-56(45)38-21-36(37(70-38)22-69-75(64,65)73-76(66,67)72-74(61,62)63)68-25-77-78-49(2,3)23-50-46(57)29-12-13-30(33(20-29)48(59)60)39-34-18-27-8-4-14-54-16-6-10-31(41(27)54)43(34)71-44-32-11-7-17-55-15-5-9-28(42(32)55)19-35(39)44/h12-13,18-20,24,36-38H,4-11,14-17,21-23,25H2,1-3H3,(H6-,50,52,53,57,58,59,60,61,62,63,64,65,66,67)/p+1/t36?,37-,38-/m1/s1. The summed E-state index contributed by atoms with van der Waals surface area (Å²) in [6, 6.07) is 9.32. The molecule has 0 spiro atoms. The number of aromatic carboxylic acids is 1. The number of ether oxygens (including phenoxy) is 3. The van der Waals surface area contributed by atoms with Crippen molar-refractivity contribution >= 4 is 79.4 Å². The van der Waals surface area contributed by atoms with E-state index >= 15 is 0 Å². The van der Waals surface area contributed by atoms with E-state index in [9.17, 15) is 43.0 Å². The molecule has 416 valence electrons. The number of phosphoric acid groups is 3. The number of carboxylic acid groups (broad SMARTS) is 1. The van der Waals surface area contributed by atoms with Crippen molar-refractivity contribution in [3.63, 3.8) is 0 Å². The second kappa shape index (κ2) is 21.3. The Kier molecular flexibility index (Phi) is 15.1. The largest absolute Gasteiger partial charge is 0.490 e. The average Bonchev–Trinajstić information content (AvgIpc) is 4.14. The Bertz CT molecular complexity index is 3660. The summed E-state index contributed by atoms with van der Waals surface area (Å²) in [6.07, 6.45) is 5.97. The van der Waals surface area contributed by atoms with Crippen molar-refractivity contribution in [2.45, 2.75) is 102 Å². The summed E-state index contributed by atoms with van der Waals surface area (Å²) in [5, 5.41) is 16.1. The van der Waals surface area contributed by atoms with Gasteiger partial charge in [-0.2, -0.15) is 8.62 Å². The van der Waals surface area contributed by atoms with Crippen LogP contribution in [0.5, 0.6) is 11.5 Å². The van der Waals surface area contributed by atoms with Crippen LogP contribution >= 0.6 is 45.1 Å². The number of hydrogen-bond donors (Lipinski definition) is 7. The summed E-state index contributed by atoms with van der Waals surface area (Å²) in [5.41, 5.74) is 8.16. The molecule has 0 aliphatic carbocycles. The van der Waals surface area contributed by atoms with Gasteiger partial charge in [0.25, 0.3) is 11.5 Å². The number of hydrogen-bond acceptors (Lipinski definition) is 17. The van der Waals surface area contributed by atoms with Crippen LogP contribution in [0.3, 0.4) is 0 Å². The van der Waals surface area contributed by atoms with Crippen LogP contribution in [0.4, 0.5) is 5.69 Å². The number of carbonyl (C=O) groups is 2. The number of nitrogens with one attached hydrogen (secondary N) is 2. The highest BCUT2D eigenvalue weighted by molar-refractivity contribution is 8.77. The Hall–Kier alpha value is -4.75. The van der Waals surface area contributed by atoms with Crippen LogP contribution in [0.2, 0.25) is 0 Å². The number of rotatable bonds is 18. The van der Waals surface area contributed by atoms with Gasteiger partial charge >= 0.3 is 29.4 Å². The Labute approximate surface area is 453 Å². The molecule has 78 heavy (non-hydrogen) atoms. The molecule has 0 bridgehead atoms. The van der Waals surface area contributed by atoms with E-state index in [1.165, 1.54) is 71.8 Å². The van der Waals surface area contributed by atoms with Gasteiger partial charge in [0.2, 0.25) is 5.36 Å². The van der Waals surface area contributed by atoms with Gasteiger partial charge in [-0.1, -0.05) is 27.7 Å². The van der Waals surface area contributed by atoms with Gasteiger partial charge in [-0.25, -0.2) is 33.0 Å². The second-order valence-electron chi connectivity index (χ2n) is 20.6. The fraction of sp³-hybridized carbons (Fsp3) is 0.469. The number of carboxylic acids is 1. The number of aryl methyl sites for hydroxylation is 3. The Balaban J connectivity index is 0.801. The zero-order valence-corrected chi connectivity index (χ0v) is 46.9. The summed E-state index contributed by atoms with van der Waals surface area (Å²) in [7, 11) is -14.3. The SMILES string of the molecule is Cc1nc2c(ncn2[C@H]2CC(OCSSC(C)(C)CNC(=O)c3ccc(C4=c5cc6c7c(c5Oc5c4cc4c8c5CCCN8CCC4)CCC[N+]=7CCC6)c(C(=O)O)c3)[C@@H](COP(=O)(O)OP(=O)(O)OP(=O)(O)O)O2)c(=O)[nH]1. The first-order valence-corrected chi connectivity index (χ1v) is 32.2. The highest BCUT2D eigenvalue weighted by atomic mass is 33.1. The lowest BCUT2D eigenvalue weighted by molar-refractivity contribution is -0.0522.